The zero-order chi connectivity index (χ0) is 23.3. The number of carbonyl (C=O) groups is 1. The number of carboxylic acid groups (broad SMARTS) is 1. The molecule has 4 nitrogen and oxygen atoms in total. The Morgan fingerprint density at radius 1 is 1.06 bits per heavy atom. The third-order valence-electron chi connectivity index (χ3n) is 5.73. The molecule has 1 heterocycles. The molecule has 0 fully saturated rings. The van der Waals surface area contributed by atoms with Gasteiger partial charge in [0, 0.05) is 6.42 Å². The number of carboxylic acids is 1. The number of ether oxygens (including phenoxy) is 2. The predicted octanol–water partition coefficient (Wildman–Crippen LogP) is 5.98. The summed E-state index contributed by atoms with van der Waals surface area (Å²) in [7, 11) is 0. The summed E-state index contributed by atoms with van der Waals surface area (Å²) in [6.07, 6.45) is -3.79. The Kier molecular flexibility index (Phi) is 7.61. The van der Waals surface area contributed by atoms with E-state index in [4.69, 9.17) is 14.6 Å². The monoisotopic (exact) mass is 448 g/mol. The van der Waals surface area contributed by atoms with Gasteiger partial charge in [0.05, 0.1) is 18.8 Å². The molecule has 0 saturated heterocycles. The third-order valence-corrected chi connectivity index (χ3v) is 5.73. The van der Waals surface area contributed by atoms with Gasteiger partial charge in [-0.25, -0.2) is 0 Å². The van der Waals surface area contributed by atoms with E-state index in [1.165, 1.54) is 23.3 Å². The van der Waals surface area contributed by atoms with Gasteiger partial charge in [-0.2, -0.15) is 13.2 Å². The first-order valence-corrected chi connectivity index (χ1v) is 10.6. The predicted molar refractivity (Wildman–Crippen MR) is 116 cm³/mol. The maximum Gasteiger partial charge on any atom is 0.416 e. The summed E-state index contributed by atoms with van der Waals surface area (Å²) in [5, 5.41) is 8.80. The minimum Gasteiger partial charge on any atom is -0.489 e. The number of benzene rings is 2. The second-order valence-corrected chi connectivity index (χ2v) is 7.99. The van der Waals surface area contributed by atoms with E-state index in [0.717, 1.165) is 22.8 Å². The molecule has 1 N–H and O–H groups in total. The molecule has 0 saturated carbocycles. The van der Waals surface area contributed by atoms with Crippen LogP contribution in [0.4, 0.5) is 13.2 Å². The normalized spacial score (nSPS) is 14.9. The standard InChI is InChI=1S/C25H27F3O4/c1-16-3-4-19(13-17(16)2)22-10-12-31-11-9-20(22)15-32-21-7-5-18(6-8-24(29)30)23(14-21)25(26,27)28/h3-5,7,13-14H,6,8-12,15H2,1-2H3,(H,29,30). The molecule has 0 aliphatic carbocycles. The molecule has 3 rings (SSSR count). The summed E-state index contributed by atoms with van der Waals surface area (Å²) in [5.74, 6) is -1.03. The van der Waals surface area contributed by atoms with Gasteiger partial charge in [-0.3, -0.25) is 4.79 Å². The van der Waals surface area contributed by atoms with E-state index in [-0.39, 0.29) is 30.8 Å². The number of aliphatic carboxylic acids is 1. The van der Waals surface area contributed by atoms with Crippen LogP contribution in [-0.2, 0) is 22.1 Å². The number of rotatable bonds is 7. The first kappa shape index (κ1) is 23.9. The second kappa shape index (κ2) is 10.2. The number of hydrogen-bond acceptors (Lipinski definition) is 3. The van der Waals surface area contributed by atoms with E-state index < -0.39 is 17.7 Å². The number of halogens is 3. The molecule has 0 spiro atoms. The Bertz CT molecular complexity index is 1010. The van der Waals surface area contributed by atoms with Crippen LogP contribution in [0.25, 0.3) is 5.57 Å². The summed E-state index contributed by atoms with van der Waals surface area (Å²) >= 11 is 0. The minimum atomic E-state index is -4.59. The Hall–Kier alpha value is -2.80. The number of alkyl halides is 3. The highest BCUT2D eigenvalue weighted by atomic mass is 19.4. The van der Waals surface area contributed by atoms with Gasteiger partial charge in [-0.1, -0.05) is 24.3 Å². The molecule has 0 bridgehead atoms. The van der Waals surface area contributed by atoms with Crippen molar-refractivity contribution < 1.29 is 32.5 Å². The maximum atomic E-state index is 13.5. The molecule has 32 heavy (non-hydrogen) atoms. The lowest BCUT2D eigenvalue weighted by Gasteiger charge is -2.17. The van der Waals surface area contributed by atoms with Crippen molar-refractivity contribution in [1.29, 1.82) is 0 Å². The lowest BCUT2D eigenvalue weighted by molar-refractivity contribution is -0.140. The van der Waals surface area contributed by atoms with Crippen LogP contribution < -0.4 is 4.74 Å². The highest BCUT2D eigenvalue weighted by molar-refractivity contribution is 5.70. The van der Waals surface area contributed by atoms with Crippen LogP contribution in [-0.4, -0.2) is 30.9 Å². The van der Waals surface area contributed by atoms with E-state index in [9.17, 15) is 18.0 Å². The average Bonchev–Trinajstić information content (AvgIpc) is 2.98. The van der Waals surface area contributed by atoms with E-state index in [1.54, 1.807) is 0 Å². The lowest BCUT2D eigenvalue weighted by atomic mass is 9.94. The molecule has 0 radical (unpaired) electrons. The molecule has 7 heteroatoms. The highest BCUT2D eigenvalue weighted by Gasteiger charge is 2.33. The van der Waals surface area contributed by atoms with Gasteiger partial charge in [-0.15, -0.1) is 0 Å². The Labute approximate surface area is 185 Å². The maximum absolute atomic E-state index is 13.5. The zero-order valence-electron chi connectivity index (χ0n) is 18.2. The lowest BCUT2D eigenvalue weighted by Crippen LogP contribution is -2.12. The summed E-state index contributed by atoms with van der Waals surface area (Å²) < 4.78 is 52.0. The fraction of sp³-hybridized carbons (Fsp3) is 0.400. The first-order valence-electron chi connectivity index (χ1n) is 10.6. The number of aryl methyl sites for hydroxylation is 3. The molecule has 0 atom stereocenters. The van der Waals surface area contributed by atoms with E-state index in [0.29, 0.717) is 26.1 Å². The fourth-order valence-corrected chi connectivity index (χ4v) is 3.78. The molecule has 0 aromatic heterocycles. The first-order chi connectivity index (χ1) is 15.1. The molecule has 0 amide bonds. The zero-order valence-corrected chi connectivity index (χ0v) is 18.2. The number of hydrogen-bond donors (Lipinski definition) is 1. The van der Waals surface area contributed by atoms with Crippen LogP contribution >= 0.6 is 0 Å². The van der Waals surface area contributed by atoms with Crippen LogP contribution in [0.5, 0.6) is 5.75 Å². The summed E-state index contributed by atoms with van der Waals surface area (Å²) in [6.45, 7) is 5.38. The SMILES string of the molecule is Cc1ccc(C2=C(COc3ccc(CCC(=O)O)c(C(F)(F)F)c3)CCOCC2)cc1C. The quantitative estimate of drug-likeness (QED) is 0.566. The fourth-order valence-electron chi connectivity index (χ4n) is 3.78. The van der Waals surface area contributed by atoms with Gasteiger partial charge in [0.2, 0.25) is 0 Å². The third kappa shape index (κ3) is 6.13. The molecule has 172 valence electrons. The van der Waals surface area contributed by atoms with Gasteiger partial charge in [0.15, 0.2) is 0 Å². The summed E-state index contributed by atoms with van der Waals surface area (Å²) in [6, 6.07) is 9.97. The van der Waals surface area contributed by atoms with Crippen molar-refractivity contribution in [3.05, 3.63) is 69.8 Å². The van der Waals surface area contributed by atoms with Crippen molar-refractivity contribution >= 4 is 11.5 Å². The molecular formula is C25H27F3O4. The van der Waals surface area contributed by atoms with Crippen molar-refractivity contribution in [1.82, 2.24) is 0 Å². The smallest absolute Gasteiger partial charge is 0.416 e. The van der Waals surface area contributed by atoms with Gasteiger partial charge >= 0.3 is 12.1 Å². The Balaban J connectivity index is 1.86. The van der Waals surface area contributed by atoms with Crippen LogP contribution in [0.1, 0.15) is 47.1 Å². The van der Waals surface area contributed by atoms with Crippen LogP contribution in [0.2, 0.25) is 0 Å². The van der Waals surface area contributed by atoms with Crippen molar-refractivity contribution in [2.24, 2.45) is 0 Å². The average molecular weight is 448 g/mol. The molecule has 0 unspecified atom stereocenters. The van der Waals surface area contributed by atoms with E-state index in [1.807, 2.05) is 13.8 Å². The second-order valence-electron chi connectivity index (χ2n) is 7.99. The Morgan fingerprint density at radius 3 is 2.50 bits per heavy atom. The summed E-state index contributed by atoms with van der Waals surface area (Å²) in [5.41, 5.74) is 4.66. The van der Waals surface area contributed by atoms with Crippen molar-refractivity contribution in [2.45, 2.75) is 45.7 Å². The van der Waals surface area contributed by atoms with Gasteiger partial charge in [0.1, 0.15) is 12.4 Å². The van der Waals surface area contributed by atoms with E-state index in [2.05, 4.69) is 18.2 Å². The Morgan fingerprint density at radius 2 is 1.81 bits per heavy atom. The molecule has 2 aromatic carbocycles. The minimum absolute atomic E-state index is 0.0508. The van der Waals surface area contributed by atoms with Crippen molar-refractivity contribution in [2.75, 3.05) is 19.8 Å². The highest BCUT2D eigenvalue weighted by Crippen LogP contribution is 2.35. The molecule has 2 aromatic rings. The largest absolute Gasteiger partial charge is 0.489 e. The van der Waals surface area contributed by atoms with Crippen molar-refractivity contribution in [3.63, 3.8) is 0 Å². The van der Waals surface area contributed by atoms with Crippen LogP contribution in [0, 0.1) is 13.8 Å². The molecular weight excluding hydrogens is 421 g/mol. The van der Waals surface area contributed by atoms with Crippen LogP contribution in [0.15, 0.2) is 42.0 Å². The van der Waals surface area contributed by atoms with Crippen LogP contribution in [0.3, 0.4) is 0 Å². The van der Waals surface area contributed by atoms with Gasteiger partial charge in [0.25, 0.3) is 0 Å². The molecule has 1 aliphatic heterocycles. The van der Waals surface area contributed by atoms with Gasteiger partial charge < -0.3 is 14.6 Å². The topological polar surface area (TPSA) is 55.8 Å². The van der Waals surface area contributed by atoms with E-state index >= 15 is 0 Å². The summed E-state index contributed by atoms with van der Waals surface area (Å²) in [4.78, 5) is 10.8. The van der Waals surface area contributed by atoms with Gasteiger partial charge in [-0.05, 0) is 78.6 Å². The van der Waals surface area contributed by atoms with Crippen molar-refractivity contribution in [3.8, 4) is 5.75 Å². The molecule has 1 aliphatic rings.